The molecule has 1 fully saturated rings. The van der Waals surface area contributed by atoms with Crippen LogP contribution in [-0.2, 0) is 9.53 Å². The summed E-state index contributed by atoms with van der Waals surface area (Å²) in [6.07, 6.45) is 4.80. The smallest absolute Gasteiger partial charge is 0.305 e. The van der Waals surface area contributed by atoms with Gasteiger partial charge in [0, 0.05) is 32.6 Å². The van der Waals surface area contributed by atoms with Gasteiger partial charge in [0.2, 0.25) is 0 Å². The fourth-order valence-electron chi connectivity index (χ4n) is 2.68. The fourth-order valence-corrected chi connectivity index (χ4v) is 2.68. The summed E-state index contributed by atoms with van der Waals surface area (Å²) in [7, 11) is 3.21. The highest BCUT2D eigenvalue weighted by atomic mass is 16.5. The van der Waals surface area contributed by atoms with E-state index in [9.17, 15) is 4.79 Å². The van der Waals surface area contributed by atoms with Crippen LogP contribution < -0.4 is 10.6 Å². The summed E-state index contributed by atoms with van der Waals surface area (Å²) in [5.41, 5.74) is 0. The van der Waals surface area contributed by atoms with Crippen LogP contribution in [0.15, 0.2) is 4.99 Å². The van der Waals surface area contributed by atoms with Gasteiger partial charge in [-0.15, -0.1) is 0 Å². The Morgan fingerprint density at radius 3 is 2.86 bits per heavy atom. The van der Waals surface area contributed by atoms with Crippen LogP contribution in [0.1, 0.15) is 39.0 Å². The molecule has 0 spiro atoms. The third kappa shape index (κ3) is 6.80. The molecule has 1 unspecified atom stereocenters. The monoisotopic (exact) mass is 298 g/mol. The summed E-state index contributed by atoms with van der Waals surface area (Å²) in [6.45, 7) is 6.30. The summed E-state index contributed by atoms with van der Waals surface area (Å²) >= 11 is 0. The van der Waals surface area contributed by atoms with Gasteiger partial charge >= 0.3 is 5.97 Å². The number of ether oxygens (including phenoxy) is 1. The predicted molar refractivity (Wildman–Crippen MR) is 85.5 cm³/mol. The van der Waals surface area contributed by atoms with Gasteiger partial charge in [-0.2, -0.15) is 0 Å². The number of likely N-dealkylation sites (tertiary alicyclic amines) is 1. The minimum absolute atomic E-state index is 0.140. The van der Waals surface area contributed by atoms with E-state index in [4.69, 9.17) is 0 Å². The van der Waals surface area contributed by atoms with E-state index >= 15 is 0 Å². The molecule has 6 heteroatoms. The maximum Gasteiger partial charge on any atom is 0.305 e. The van der Waals surface area contributed by atoms with Crippen molar-refractivity contribution in [1.29, 1.82) is 0 Å². The molecular weight excluding hydrogens is 268 g/mol. The number of aliphatic imine (C=N–C) groups is 1. The summed E-state index contributed by atoms with van der Waals surface area (Å²) in [5.74, 6) is 0.703. The first kappa shape index (κ1) is 17.8. The second-order valence-electron chi connectivity index (χ2n) is 5.34. The largest absolute Gasteiger partial charge is 0.469 e. The van der Waals surface area contributed by atoms with Gasteiger partial charge in [-0.1, -0.05) is 6.92 Å². The molecule has 0 aromatic heterocycles. The number of guanidine groups is 1. The number of methoxy groups -OCH3 is 1. The zero-order chi connectivity index (χ0) is 15.5. The van der Waals surface area contributed by atoms with Crippen molar-refractivity contribution in [2.24, 2.45) is 4.99 Å². The molecule has 1 aliphatic heterocycles. The van der Waals surface area contributed by atoms with Crippen LogP contribution in [0.2, 0.25) is 0 Å². The van der Waals surface area contributed by atoms with Crippen LogP contribution in [-0.4, -0.2) is 63.2 Å². The first-order chi connectivity index (χ1) is 10.2. The third-order valence-electron chi connectivity index (χ3n) is 3.96. The topological polar surface area (TPSA) is 66.0 Å². The van der Waals surface area contributed by atoms with Crippen molar-refractivity contribution in [3.8, 4) is 0 Å². The van der Waals surface area contributed by atoms with E-state index in [-0.39, 0.29) is 5.97 Å². The van der Waals surface area contributed by atoms with Gasteiger partial charge in [0.05, 0.1) is 7.11 Å². The zero-order valence-electron chi connectivity index (χ0n) is 13.7. The second-order valence-corrected chi connectivity index (χ2v) is 5.34. The van der Waals surface area contributed by atoms with E-state index in [2.05, 4.69) is 32.2 Å². The van der Waals surface area contributed by atoms with Gasteiger partial charge in [-0.05, 0) is 38.8 Å². The number of nitrogens with one attached hydrogen (secondary N) is 2. The SMILES string of the molecule is CCN1CCCC1CNC(=NC)NCCCCC(=O)OC. The Morgan fingerprint density at radius 1 is 1.38 bits per heavy atom. The Morgan fingerprint density at radius 2 is 2.19 bits per heavy atom. The van der Waals surface area contributed by atoms with Gasteiger partial charge in [-0.25, -0.2) is 0 Å². The van der Waals surface area contributed by atoms with Crippen molar-refractivity contribution < 1.29 is 9.53 Å². The minimum atomic E-state index is -0.140. The van der Waals surface area contributed by atoms with Gasteiger partial charge in [0.15, 0.2) is 5.96 Å². The van der Waals surface area contributed by atoms with E-state index in [0.717, 1.165) is 38.4 Å². The van der Waals surface area contributed by atoms with Crippen LogP contribution in [0, 0.1) is 0 Å². The van der Waals surface area contributed by atoms with Gasteiger partial charge in [-0.3, -0.25) is 14.7 Å². The van der Waals surface area contributed by atoms with E-state index in [1.165, 1.54) is 26.5 Å². The quantitative estimate of drug-likeness (QED) is 0.303. The van der Waals surface area contributed by atoms with Crippen LogP contribution >= 0.6 is 0 Å². The molecule has 1 heterocycles. The third-order valence-corrected chi connectivity index (χ3v) is 3.96. The summed E-state index contributed by atoms with van der Waals surface area (Å²) in [6, 6.07) is 0.618. The molecule has 122 valence electrons. The van der Waals surface area contributed by atoms with Gasteiger partial charge < -0.3 is 15.4 Å². The Bertz CT molecular complexity index is 334. The molecule has 0 aliphatic carbocycles. The maximum atomic E-state index is 11.0. The van der Waals surface area contributed by atoms with Crippen molar-refractivity contribution >= 4 is 11.9 Å². The van der Waals surface area contributed by atoms with Crippen LogP contribution in [0.3, 0.4) is 0 Å². The molecule has 1 aliphatic rings. The summed E-state index contributed by atoms with van der Waals surface area (Å²) in [5, 5.41) is 6.68. The number of carbonyl (C=O) groups excluding carboxylic acids is 1. The van der Waals surface area contributed by atoms with Gasteiger partial charge in [0.25, 0.3) is 0 Å². The molecule has 0 aromatic carbocycles. The average Bonchev–Trinajstić information content (AvgIpc) is 2.97. The van der Waals surface area contributed by atoms with Crippen LogP contribution in [0.25, 0.3) is 0 Å². The number of likely N-dealkylation sites (N-methyl/N-ethyl adjacent to an activating group) is 1. The number of unbranched alkanes of at least 4 members (excludes halogenated alkanes) is 1. The lowest BCUT2D eigenvalue weighted by Crippen LogP contribution is -2.45. The van der Waals surface area contributed by atoms with Crippen molar-refractivity contribution in [3.63, 3.8) is 0 Å². The maximum absolute atomic E-state index is 11.0. The molecular formula is C15H30N4O2. The Balaban J connectivity index is 2.13. The van der Waals surface area contributed by atoms with Gasteiger partial charge in [0.1, 0.15) is 0 Å². The van der Waals surface area contributed by atoms with Crippen LogP contribution in [0.5, 0.6) is 0 Å². The Kier molecular flexibility index (Phi) is 8.82. The predicted octanol–water partition coefficient (Wildman–Crippen LogP) is 0.979. The van der Waals surface area contributed by atoms with E-state index in [1.54, 1.807) is 7.05 Å². The average molecular weight is 298 g/mol. The Hall–Kier alpha value is -1.30. The van der Waals surface area contributed by atoms with Crippen molar-refractivity contribution in [3.05, 3.63) is 0 Å². The van der Waals surface area contributed by atoms with Crippen molar-refractivity contribution in [2.45, 2.75) is 45.1 Å². The normalized spacial score (nSPS) is 19.6. The number of nitrogens with zero attached hydrogens (tertiary/aromatic N) is 2. The number of hydrogen-bond acceptors (Lipinski definition) is 4. The highest BCUT2D eigenvalue weighted by molar-refractivity contribution is 5.79. The second kappa shape index (κ2) is 10.4. The molecule has 6 nitrogen and oxygen atoms in total. The fraction of sp³-hybridized carbons (Fsp3) is 0.867. The first-order valence-electron chi connectivity index (χ1n) is 7.96. The van der Waals surface area contributed by atoms with E-state index in [0.29, 0.717) is 12.5 Å². The standard InChI is InChI=1S/C15H30N4O2/c1-4-19-11-7-8-13(19)12-18-15(16-2)17-10-6-5-9-14(20)21-3/h13H,4-12H2,1-3H3,(H2,16,17,18). The van der Waals surface area contributed by atoms with Crippen molar-refractivity contribution in [1.82, 2.24) is 15.5 Å². The molecule has 1 saturated heterocycles. The number of rotatable bonds is 8. The summed E-state index contributed by atoms with van der Waals surface area (Å²) < 4.78 is 4.62. The van der Waals surface area contributed by atoms with Crippen molar-refractivity contribution in [2.75, 3.05) is 40.3 Å². The molecule has 0 bridgehead atoms. The summed E-state index contributed by atoms with van der Waals surface area (Å²) in [4.78, 5) is 17.7. The number of hydrogen-bond donors (Lipinski definition) is 2. The molecule has 2 N–H and O–H groups in total. The minimum Gasteiger partial charge on any atom is -0.469 e. The molecule has 1 atom stereocenters. The molecule has 21 heavy (non-hydrogen) atoms. The molecule has 0 amide bonds. The lowest BCUT2D eigenvalue weighted by Gasteiger charge is -2.23. The number of esters is 1. The zero-order valence-corrected chi connectivity index (χ0v) is 13.7. The Labute approximate surface area is 128 Å². The lowest BCUT2D eigenvalue weighted by atomic mass is 10.2. The first-order valence-corrected chi connectivity index (χ1v) is 7.96. The molecule has 1 rings (SSSR count). The van der Waals surface area contributed by atoms with E-state index < -0.39 is 0 Å². The van der Waals surface area contributed by atoms with Crippen LogP contribution in [0.4, 0.5) is 0 Å². The molecule has 0 saturated carbocycles. The highest BCUT2D eigenvalue weighted by Gasteiger charge is 2.22. The van der Waals surface area contributed by atoms with E-state index in [1.807, 2.05) is 0 Å². The molecule has 0 aromatic rings. The lowest BCUT2D eigenvalue weighted by molar-refractivity contribution is -0.140. The number of carbonyl (C=O) groups is 1. The highest BCUT2D eigenvalue weighted by Crippen LogP contribution is 2.15. The molecule has 0 radical (unpaired) electrons.